The number of hydrogen-bond donors (Lipinski definition) is 2. The molecule has 2 amide bonds. The van der Waals surface area contributed by atoms with Gasteiger partial charge in [0.2, 0.25) is 5.91 Å². The topological polar surface area (TPSA) is 70.7 Å². The molecule has 1 saturated heterocycles. The van der Waals surface area contributed by atoms with Crippen LogP contribution in [0.4, 0.5) is 5.69 Å². The molecule has 1 heterocycles. The average Bonchev–Trinajstić information content (AvgIpc) is 3.57. The van der Waals surface area contributed by atoms with E-state index in [0.717, 1.165) is 25.3 Å². The number of carbonyl (C=O) groups is 2. The van der Waals surface area contributed by atoms with Crippen molar-refractivity contribution >= 4 is 17.5 Å². The normalized spacial score (nSPS) is 21.4. The van der Waals surface area contributed by atoms with Gasteiger partial charge in [0.25, 0.3) is 5.91 Å². The molecular weight excluding hydrogens is 402 g/mol. The highest BCUT2D eigenvalue weighted by atomic mass is 16.5. The van der Waals surface area contributed by atoms with Crippen LogP contribution in [0.1, 0.15) is 54.6 Å². The van der Waals surface area contributed by atoms with Gasteiger partial charge in [0.1, 0.15) is 5.75 Å². The summed E-state index contributed by atoms with van der Waals surface area (Å²) >= 11 is 0. The first-order chi connectivity index (χ1) is 15.5. The fourth-order valence-corrected chi connectivity index (χ4v) is 4.47. The third kappa shape index (κ3) is 5.49. The van der Waals surface area contributed by atoms with E-state index in [4.69, 9.17) is 4.74 Å². The maximum absolute atomic E-state index is 12.9. The summed E-state index contributed by atoms with van der Waals surface area (Å²) in [4.78, 5) is 27.6. The van der Waals surface area contributed by atoms with Crippen molar-refractivity contribution in [2.24, 2.45) is 11.8 Å². The number of benzene rings is 2. The molecule has 0 spiro atoms. The fraction of sp³-hybridized carbons (Fsp3) is 0.462. The third-order valence-electron chi connectivity index (χ3n) is 6.63. The van der Waals surface area contributed by atoms with Gasteiger partial charge in [-0.25, -0.2) is 0 Å². The van der Waals surface area contributed by atoms with Crippen molar-refractivity contribution < 1.29 is 14.3 Å². The van der Waals surface area contributed by atoms with Gasteiger partial charge in [0.05, 0.1) is 13.2 Å². The highest BCUT2D eigenvalue weighted by Gasteiger charge is 2.39. The number of likely N-dealkylation sites (tertiary alicyclic amines) is 1. The number of ether oxygens (including phenoxy) is 1. The predicted octanol–water partition coefficient (Wildman–Crippen LogP) is 4.25. The monoisotopic (exact) mass is 435 g/mol. The zero-order valence-corrected chi connectivity index (χ0v) is 19.0. The summed E-state index contributed by atoms with van der Waals surface area (Å²) in [6.07, 6.45) is 4.56. The Morgan fingerprint density at radius 2 is 1.81 bits per heavy atom. The highest BCUT2D eigenvalue weighted by Crippen LogP contribution is 2.38. The molecule has 0 radical (unpaired) electrons. The standard InChI is InChI=1S/C26H33N3O3/c1-18-15-23(18)26(31)28-21-8-6-7-20(16-21)25(30)27-17-24(29-13-4-3-5-14-29)19-9-11-22(32-2)12-10-19/h6-12,16,18,23-24H,3-5,13-15,17H2,1-2H3,(H,27,30)(H,28,31). The molecule has 4 rings (SSSR count). The third-order valence-corrected chi connectivity index (χ3v) is 6.63. The van der Waals surface area contributed by atoms with Crippen LogP contribution < -0.4 is 15.4 Å². The maximum Gasteiger partial charge on any atom is 0.251 e. The van der Waals surface area contributed by atoms with E-state index in [1.807, 2.05) is 24.3 Å². The van der Waals surface area contributed by atoms with E-state index in [9.17, 15) is 9.59 Å². The van der Waals surface area contributed by atoms with E-state index in [0.29, 0.717) is 23.7 Å². The lowest BCUT2D eigenvalue weighted by atomic mass is 10.0. The summed E-state index contributed by atoms with van der Waals surface area (Å²) in [6, 6.07) is 15.4. The van der Waals surface area contributed by atoms with Gasteiger partial charge in [-0.15, -0.1) is 0 Å². The van der Waals surface area contributed by atoms with Gasteiger partial charge in [0, 0.05) is 23.7 Å². The Bertz CT molecular complexity index is 938. The second-order valence-corrected chi connectivity index (χ2v) is 8.99. The summed E-state index contributed by atoms with van der Waals surface area (Å²) in [5.74, 6) is 1.29. The summed E-state index contributed by atoms with van der Waals surface area (Å²) < 4.78 is 5.30. The molecular formula is C26H33N3O3. The lowest BCUT2D eigenvalue weighted by Crippen LogP contribution is -2.40. The van der Waals surface area contributed by atoms with Crippen LogP contribution in [0.3, 0.4) is 0 Å². The molecule has 1 saturated carbocycles. The van der Waals surface area contributed by atoms with Crippen molar-refractivity contribution in [3.8, 4) is 5.75 Å². The minimum absolute atomic E-state index is 0.0414. The molecule has 6 nitrogen and oxygen atoms in total. The van der Waals surface area contributed by atoms with Gasteiger partial charge < -0.3 is 15.4 Å². The van der Waals surface area contributed by atoms with Crippen LogP contribution in [0.15, 0.2) is 48.5 Å². The summed E-state index contributed by atoms with van der Waals surface area (Å²) in [5.41, 5.74) is 2.40. The van der Waals surface area contributed by atoms with Crippen molar-refractivity contribution in [2.75, 3.05) is 32.1 Å². The summed E-state index contributed by atoms with van der Waals surface area (Å²) in [7, 11) is 1.67. The Morgan fingerprint density at radius 1 is 1.09 bits per heavy atom. The molecule has 1 aliphatic carbocycles. The molecule has 1 aliphatic heterocycles. The Morgan fingerprint density at radius 3 is 2.47 bits per heavy atom. The number of methoxy groups -OCH3 is 1. The zero-order chi connectivity index (χ0) is 22.5. The van der Waals surface area contributed by atoms with Crippen molar-refractivity contribution in [2.45, 2.75) is 38.6 Å². The van der Waals surface area contributed by atoms with Crippen LogP contribution in [0.25, 0.3) is 0 Å². The first kappa shape index (κ1) is 22.3. The van der Waals surface area contributed by atoms with E-state index in [-0.39, 0.29) is 23.8 Å². The number of piperidine rings is 1. The van der Waals surface area contributed by atoms with Crippen LogP contribution in [0.2, 0.25) is 0 Å². The Hall–Kier alpha value is -2.86. The van der Waals surface area contributed by atoms with E-state index in [1.165, 1.54) is 24.8 Å². The Balaban J connectivity index is 1.42. The van der Waals surface area contributed by atoms with E-state index in [1.54, 1.807) is 19.2 Å². The van der Waals surface area contributed by atoms with E-state index in [2.05, 4.69) is 34.6 Å². The number of amides is 2. The Kier molecular flexibility index (Phi) is 7.10. The van der Waals surface area contributed by atoms with Crippen LogP contribution in [-0.4, -0.2) is 43.5 Å². The highest BCUT2D eigenvalue weighted by molar-refractivity contribution is 5.98. The lowest BCUT2D eigenvalue weighted by Gasteiger charge is -2.35. The largest absolute Gasteiger partial charge is 0.497 e. The van der Waals surface area contributed by atoms with E-state index < -0.39 is 0 Å². The number of nitrogens with one attached hydrogen (secondary N) is 2. The van der Waals surface area contributed by atoms with Crippen LogP contribution in [-0.2, 0) is 4.79 Å². The summed E-state index contributed by atoms with van der Waals surface area (Å²) in [5, 5.41) is 6.07. The molecule has 3 unspecified atom stereocenters. The van der Waals surface area contributed by atoms with E-state index >= 15 is 0 Å². The van der Waals surface area contributed by atoms with Crippen LogP contribution in [0.5, 0.6) is 5.75 Å². The van der Waals surface area contributed by atoms with Gasteiger partial charge in [0.15, 0.2) is 0 Å². The molecule has 32 heavy (non-hydrogen) atoms. The summed E-state index contributed by atoms with van der Waals surface area (Å²) in [6.45, 7) is 4.68. The van der Waals surface area contributed by atoms with Gasteiger partial charge in [-0.1, -0.05) is 31.5 Å². The van der Waals surface area contributed by atoms with Crippen molar-refractivity contribution in [3.05, 3.63) is 59.7 Å². The van der Waals surface area contributed by atoms with Crippen molar-refractivity contribution in [1.82, 2.24) is 10.2 Å². The molecule has 2 fully saturated rings. The van der Waals surface area contributed by atoms with Gasteiger partial charge in [-0.3, -0.25) is 14.5 Å². The minimum atomic E-state index is -0.128. The number of rotatable bonds is 8. The number of carbonyl (C=O) groups excluding carboxylic acids is 2. The number of nitrogens with zero attached hydrogens (tertiary/aromatic N) is 1. The van der Waals surface area contributed by atoms with Crippen LogP contribution in [0, 0.1) is 11.8 Å². The lowest BCUT2D eigenvalue weighted by molar-refractivity contribution is -0.117. The number of hydrogen-bond acceptors (Lipinski definition) is 4. The molecule has 2 aliphatic rings. The Labute approximate surface area is 190 Å². The second-order valence-electron chi connectivity index (χ2n) is 8.99. The first-order valence-corrected chi connectivity index (χ1v) is 11.6. The van der Waals surface area contributed by atoms with Crippen molar-refractivity contribution in [1.29, 1.82) is 0 Å². The molecule has 2 aromatic carbocycles. The quantitative estimate of drug-likeness (QED) is 0.650. The SMILES string of the molecule is COc1ccc(C(CNC(=O)c2cccc(NC(=O)C3CC3C)c2)N2CCCCC2)cc1. The van der Waals surface area contributed by atoms with Crippen molar-refractivity contribution in [3.63, 3.8) is 0 Å². The molecule has 3 atom stereocenters. The molecule has 2 N–H and O–H groups in total. The molecule has 2 aromatic rings. The number of anilines is 1. The predicted molar refractivity (Wildman–Crippen MR) is 126 cm³/mol. The van der Waals surface area contributed by atoms with Crippen LogP contribution >= 0.6 is 0 Å². The van der Waals surface area contributed by atoms with Gasteiger partial charge in [-0.2, -0.15) is 0 Å². The fourth-order valence-electron chi connectivity index (χ4n) is 4.47. The average molecular weight is 436 g/mol. The molecule has 0 aromatic heterocycles. The zero-order valence-electron chi connectivity index (χ0n) is 19.0. The first-order valence-electron chi connectivity index (χ1n) is 11.6. The smallest absolute Gasteiger partial charge is 0.251 e. The minimum Gasteiger partial charge on any atom is -0.497 e. The van der Waals surface area contributed by atoms with Gasteiger partial charge in [-0.05, 0) is 74.2 Å². The molecule has 0 bridgehead atoms. The molecule has 6 heteroatoms. The molecule has 170 valence electrons. The second kappa shape index (κ2) is 10.2. The van der Waals surface area contributed by atoms with Gasteiger partial charge >= 0.3 is 0 Å². The maximum atomic E-state index is 12.9.